The second-order valence-electron chi connectivity index (χ2n) is 13.3. The average Bonchev–Trinajstić information content (AvgIpc) is 3.16. The molecule has 42 heavy (non-hydrogen) atoms. The molecular formula is C30H46O12. The Morgan fingerprint density at radius 1 is 1.02 bits per heavy atom. The molecule has 0 unspecified atom stereocenters. The third-order valence-corrected chi connectivity index (χ3v) is 9.62. The highest BCUT2D eigenvalue weighted by atomic mass is 16.8. The summed E-state index contributed by atoms with van der Waals surface area (Å²) < 4.78 is 22.6. The molecule has 3 fully saturated rings. The van der Waals surface area contributed by atoms with Crippen LogP contribution in [-0.4, -0.2) is 108 Å². The number of rotatable bonds is 7. The molecule has 0 bridgehead atoms. The van der Waals surface area contributed by atoms with Crippen molar-refractivity contribution in [2.45, 2.75) is 120 Å². The van der Waals surface area contributed by atoms with E-state index in [4.69, 9.17) is 18.9 Å². The van der Waals surface area contributed by atoms with E-state index < -0.39 is 89.7 Å². The minimum atomic E-state index is -1.65. The molecule has 0 aromatic carbocycles. The summed E-state index contributed by atoms with van der Waals surface area (Å²) in [6, 6.07) is 0. The van der Waals surface area contributed by atoms with Gasteiger partial charge in [0.15, 0.2) is 6.29 Å². The van der Waals surface area contributed by atoms with E-state index in [-0.39, 0.29) is 6.42 Å². The third kappa shape index (κ3) is 6.06. The predicted molar refractivity (Wildman–Crippen MR) is 147 cm³/mol. The number of fused-ring (bicyclic) bond motifs is 1. The lowest BCUT2D eigenvalue weighted by Gasteiger charge is -2.53. The van der Waals surface area contributed by atoms with Gasteiger partial charge in [-0.3, -0.25) is 0 Å². The van der Waals surface area contributed by atoms with Crippen LogP contribution in [0.25, 0.3) is 0 Å². The fraction of sp³-hybridized carbons (Fsp3) is 0.767. The predicted octanol–water partition coefficient (Wildman–Crippen LogP) is 0.167. The molecule has 4 rings (SSSR count). The molecule has 2 aliphatic carbocycles. The van der Waals surface area contributed by atoms with Gasteiger partial charge in [-0.15, -0.1) is 0 Å². The largest absolute Gasteiger partial charge is 0.472 e. The lowest BCUT2D eigenvalue weighted by molar-refractivity contribution is -0.346. The minimum Gasteiger partial charge on any atom is -0.472 e. The Labute approximate surface area is 245 Å². The second kappa shape index (κ2) is 11.9. The van der Waals surface area contributed by atoms with E-state index in [1.54, 1.807) is 39.0 Å². The standard InChI is InChI=1S/C30H46O12/c1-16(7-11-30(38)27(2,3)9-6-10-29(30,5)37)13-20(32)40-18-14-28(4,36)21-17(18)8-12-39-25(21)42-26-24(35)23(34)22(33)19(15-31)41-26/h7-8,11-13,17-19,21-26,31,33-38H,6,9-10,14-15H2,1-5H3/b11-7+,16-13+/t17-,18+,19+,21+,22+,23-,24+,25-,26-,28-,29+,30+/m0/s1. The van der Waals surface area contributed by atoms with E-state index >= 15 is 0 Å². The molecular weight excluding hydrogens is 552 g/mol. The summed E-state index contributed by atoms with van der Waals surface area (Å²) in [5.74, 6) is -1.95. The highest BCUT2D eigenvalue weighted by Crippen LogP contribution is 2.50. The molecule has 0 radical (unpaired) electrons. The van der Waals surface area contributed by atoms with Crippen molar-refractivity contribution >= 4 is 5.97 Å². The highest BCUT2D eigenvalue weighted by molar-refractivity contribution is 5.83. The highest BCUT2D eigenvalue weighted by Gasteiger charge is 2.58. The Hall–Kier alpha value is -1.87. The van der Waals surface area contributed by atoms with Crippen molar-refractivity contribution < 1.29 is 59.5 Å². The third-order valence-electron chi connectivity index (χ3n) is 9.62. The summed E-state index contributed by atoms with van der Waals surface area (Å²) in [4.78, 5) is 12.9. The molecule has 238 valence electrons. The Kier molecular flexibility index (Phi) is 9.36. The van der Waals surface area contributed by atoms with Crippen molar-refractivity contribution in [1.29, 1.82) is 0 Å². The van der Waals surface area contributed by atoms with E-state index in [2.05, 4.69) is 0 Å². The summed E-state index contributed by atoms with van der Waals surface area (Å²) in [6.45, 7) is 8.01. The van der Waals surface area contributed by atoms with Crippen LogP contribution in [-0.2, 0) is 23.7 Å². The molecule has 0 aromatic rings. The summed E-state index contributed by atoms with van der Waals surface area (Å²) >= 11 is 0. The van der Waals surface area contributed by atoms with Gasteiger partial charge in [0.05, 0.1) is 30.0 Å². The van der Waals surface area contributed by atoms with Crippen LogP contribution in [0.15, 0.2) is 36.1 Å². The normalized spacial score (nSPS) is 47.2. The smallest absolute Gasteiger partial charge is 0.331 e. The van der Waals surface area contributed by atoms with Crippen LogP contribution >= 0.6 is 0 Å². The van der Waals surface area contributed by atoms with Crippen LogP contribution in [0.5, 0.6) is 0 Å². The van der Waals surface area contributed by atoms with E-state index in [0.29, 0.717) is 12.0 Å². The fourth-order valence-corrected chi connectivity index (χ4v) is 6.95. The monoisotopic (exact) mass is 598 g/mol. The van der Waals surface area contributed by atoms with Gasteiger partial charge in [-0.2, -0.15) is 0 Å². The quantitative estimate of drug-likeness (QED) is 0.119. The Morgan fingerprint density at radius 3 is 2.36 bits per heavy atom. The maximum absolute atomic E-state index is 12.9. The summed E-state index contributed by atoms with van der Waals surface area (Å²) in [5.41, 5.74) is -4.35. The molecule has 2 aliphatic heterocycles. The second-order valence-corrected chi connectivity index (χ2v) is 13.3. The first-order valence-corrected chi connectivity index (χ1v) is 14.5. The van der Waals surface area contributed by atoms with Crippen molar-refractivity contribution in [3.05, 3.63) is 36.1 Å². The Bertz CT molecular complexity index is 1060. The van der Waals surface area contributed by atoms with Gasteiger partial charge in [-0.05, 0) is 63.2 Å². The van der Waals surface area contributed by atoms with E-state index in [9.17, 15) is 40.5 Å². The zero-order chi connectivity index (χ0) is 31.3. The summed E-state index contributed by atoms with van der Waals surface area (Å²) in [5, 5.41) is 73.7. The van der Waals surface area contributed by atoms with Crippen molar-refractivity contribution in [3.63, 3.8) is 0 Å². The maximum Gasteiger partial charge on any atom is 0.331 e. The van der Waals surface area contributed by atoms with Crippen LogP contribution in [0.4, 0.5) is 0 Å². The first-order valence-electron chi connectivity index (χ1n) is 14.5. The molecule has 4 aliphatic rings. The lowest BCUT2D eigenvalue weighted by atomic mass is 9.58. The van der Waals surface area contributed by atoms with Gasteiger partial charge >= 0.3 is 5.97 Å². The number of aliphatic hydroxyl groups is 7. The molecule has 0 amide bonds. The molecule has 7 N–H and O–H groups in total. The molecule has 12 nitrogen and oxygen atoms in total. The van der Waals surface area contributed by atoms with Crippen molar-refractivity contribution in [1.82, 2.24) is 0 Å². The molecule has 2 heterocycles. The maximum atomic E-state index is 12.9. The zero-order valence-electron chi connectivity index (χ0n) is 24.8. The number of aliphatic hydroxyl groups excluding tert-OH is 4. The Morgan fingerprint density at radius 2 is 1.71 bits per heavy atom. The van der Waals surface area contributed by atoms with Gasteiger partial charge in [0.1, 0.15) is 36.1 Å². The molecule has 0 spiro atoms. The minimum absolute atomic E-state index is 0.0514. The van der Waals surface area contributed by atoms with Crippen LogP contribution in [0.3, 0.4) is 0 Å². The molecule has 12 heteroatoms. The number of hydrogen-bond donors (Lipinski definition) is 7. The van der Waals surface area contributed by atoms with Crippen LogP contribution < -0.4 is 0 Å². The summed E-state index contributed by atoms with van der Waals surface area (Å²) in [7, 11) is 0. The summed E-state index contributed by atoms with van der Waals surface area (Å²) in [6.07, 6.45) is -0.0186. The van der Waals surface area contributed by atoms with E-state index in [1.165, 1.54) is 12.3 Å². The van der Waals surface area contributed by atoms with E-state index in [0.717, 1.165) is 12.8 Å². The first kappa shape index (κ1) is 33.0. The van der Waals surface area contributed by atoms with Crippen LogP contribution in [0, 0.1) is 17.3 Å². The van der Waals surface area contributed by atoms with Gasteiger partial charge in [0.25, 0.3) is 0 Å². The number of hydrogen-bond acceptors (Lipinski definition) is 12. The van der Waals surface area contributed by atoms with Gasteiger partial charge in [-0.25, -0.2) is 4.79 Å². The van der Waals surface area contributed by atoms with Gasteiger partial charge < -0.3 is 54.7 Å². The topological polar surface area (TPSA) is 196 Å². The van der Waals surface area contributed by atoms with Gasteiger partial charge in [0.2, 0.25) is 6.29 Å². The van der Waals surface area contributed by atoms with E-state index in [1.807, 2.05) is 13.8 Å². The average molecular weight is 599 g/mol. The number of carbonyl (C=O) groups excluding carboxylic acids is 1. The van der Waals surface area contributed by atoms with Gasteiger partial charge in [-0.1, -0.05) is 19.9 Å². The number of allylic oxidation sites excluding steroid dienone is 2. The number of carbonyl (C=O) groups is 1. The van der Waals surface area contributed by atoms with Gasteiger partial charge in [0, 0.05) is 18.4 Å². The number of esters is 1. The van der Waals surface area contributed by atoms with Crippen LogP contribution in [0.1, 0.15) is 60.3 Å². The number of ether oxygens (including phenoxy) is 4. The van der Waals surface area contributed by atoms with Crippen molar-refractivity contribution in [2.75, 3.05) is 6.61 Å². The van der Waals surface area contributed by atoms with Crippen molar-refractivity contribution in [3.8, 4) is 0 Å². The van der Waals surface area contributed by atoms with Crippen molar-refractivity contribution in [2.24, 2.45) is 17.3 Å². The fourth-order valence-electron chi connectivity index (χ4n) is 6.95. The molecule has 0 aromatic heterocycles. The Balaban J connectivity index is 1.45. The lowest BCUT2D eigenvalue weighted by Crippen LogP contribution is -2.62. The zero-order valence-corrected chi connectivity index (χ0v) is 24.8. The molecule has 1 saturated heterocycles. The molecule has 2 saturated carbocycles. The first-order chi connectivity index (χ1) is 19.4. The SMILES string of the molecule is CC(/C=C/[C@@]1(O)C(C)(C)CCC[C@@]1(C)O)=C\C(=O)O[C@@H]1C[C@](C)(O)[C@H]2[C@H](O[C@@H]3O[C@H](CO)[C@@H](O)[C@H](O)[C@H]3O)OC=C[C@H]21. The van der Waals surface area contributed by atoms with Crippen LogP contribution in [0.2, 0.25) is 0 Å². The molecule has 12 atom stereocenters.